The predicted molar refractivity (Wildman–Crippen MR) is 237 cm³/mol. The molecule has 2 aromatic heterocycles. The molecule has 2 heterocycles. The Bertz CT molecular complexity index is 2830. The molecule has 0 saturated heterocycles. The van der Waals surface area contributed by atoms with E-state index in [2.05, 4.69) is 240 Å². The Balaban J connectivity index is 1.12. The summed E-state index contributed by atoms with van der Waals surface area (Å²) in [5.74, 6) is 0. The van der Waals surface area contributed by atoms with Gasteiger partial charge in [-0.1, -0.05) is 170 Å². The van der Waals surface area contributed by atoms with Gasteiger partial charge in [-0.3, -0.25) is 0 Å². The standard InChI is InChI=1S/C54H38N2/c1-4-14-39(15-5-1)42-25-31-48(32-26-42)56(49-33-27-43(28-34-49)40-16-6-2-7-17-40)50-35-29-45(30-36-50)54-53(47-24-23-41-18-10-11-21-46(41)38-47)52(44-19-8-3-9-20-44)51-22-12-13-37-55(51)54/h1-38H. The van der Waals surface area contributed by atoms with E-state index in [0.717, 1.165) is 22.6 Å². The van der Waals surface area contributed by atoms with Crippen LogP contribution >= 0.6 is 0 Å². The quantitative estimate of drug-likeness (QED) is 0.152. The van der Waals surface area contributed by atoms with Crippen molar-refractivity contribution in [1.82, 2.24) is 4.40 Å². The van der Waals surface area contributed by atoms with Gasteiger partial charge < -0.3 is 9.30 Å². The molecule has 0 bridgehead atoms. The van der Waals surface area contributed by atoms with Crippen molar-refractivity contribution in [2.24, 2.45) is 0 Å². The fraction of sp³-hybridized carbons (Fsp3) is 0. The maximum Gasteiger partial charge on any atom is 0.0613 e. The van der Waals surface area contributed by atoms with Gasteiger partial charge in [0.15, 0.2) is 0 Å². The Labute approximate surface area is 327 Å². The van der Waals surface area contributed by atoms with Crippen LogP contribution in [0.5, 0.6) is 0 Å². The third-order valence-corrected chi connectivity index (χ3v) is 10.8. The molecular formula is C54H38N2. The number of nitrogens with zero attached hydrogens (tertiary/aromatic N) is 2. The Hall–Kier alpha value is -7.42. The second-order valence-corrected chi connectivity index (χ2v) is 14.2. The van der Waals surface area contributed by atoms with E-state index in [0.29, 0.717) is 0 Å². The molecule has 10 aromatic rings. The third-order valence-electron chi connectivity index (χ3n) is 10.8. The third kappa shape index (κ3) is 6.14. The molecule has 8 aromatic carbocycles. The first-order valence-corrected chi connectivity index (χ1v) is 19.2. The summed E-state index contributed by atoms with van der Waals surface area (Å²) >= 11 is 0. The highest BCUT2D eigenvalue weighted by atomic mass is 15.1. The maximum atomic E-state index is 2.37. The zero-order chi connectivity index (χ0) is 37.3. The van der Waals surface area contributed by atoms with E-state index < -0.39 is 0 Å². The predicted octanol–water partition coefficient (Wildman–Crippen LogP) is 14.9. The summed E-state index contributed by atoms with van der Waals surface area (Å²) in [5.41, 5.74) is 16.5. The van der Waals surface area contributed by atoms with Gasteiger partial charge in [-0.25, -0.2) is 0 Å². The molecule has 10 rings (SSSR count). The number of rotatable bonds is 8. The van der Waals surface area contributed by atoms with E-state index in [1.807, 2.05) is 0 Å². The van der Waals surface area contributed by atoms with Gasteiger partial charge in [0, 0.05) is 34.4 Å². The first-order valence-electron chi connectivity index (χ1n) is 19.2. The molecule has 264 valence electrons. The zero-order valence-corrected chi connectivity index (χ0v) is 30.8. The highest BCUT2D eigenvalue weighted by molar-refractivity contribution is 6.04. The Morgan fingerprint density at radius 2 is 0.714 bits per heavy atom. The lowest BCUT2D eigenvalue weighted by molar-refractivity contribution is 1.20. The number of fused-ring (bicyclic) bond motifs is 2. The normalized spacial score (nSPS) is 11.2. The molecule has 0 saturated carbocycles. The lowest BCUT2D eigenvalue weighted by Gasteiger charge is -2.26. The fourth-order valence-electron chi connectivity index (χ4n) is 8.10. The van der Waals surface area contributed by atoms with E-state index >= 15 is 0 Å². The average molecular weight is 715 g/mol. The van der Waals surface area contributed by atoms with Gasteiger partial charge in [-0.15, -0.1) is 0 Å². The minimum absolute atomic E-state index is 1.09. The largest absolute Gasteiger partial charge is 0.315 e. The van der Waals surface area contributed by atoms with Crippen molar-refractivity contribution in [3.63, 3.8) is 0 Å². The molecular weight excluding hydrogens is 677 g/mol. The molecule has 0 amide bonds. The number of pyridine rings is 1. The second-order valence-electron chi connectivity index (χ2n) is 14.2. The van der Waals surface area contributed by atoms with Gasteiger partial charge >= 0.3 is 0 Å². The van der Waals surface area contributed by atoms with Crippen molar-refractivity contribution < 1.29 is 0 Å². The van der Waals surface area contributed by atoms with Crippen LogP contribution in [-0.2, 0) is 0 Å². The summed E-state index contributed by atoms with van der Waals surface area (Å²) in [6, 6.07) is 80.8. The number of benzene rings is 8. The van der Waals surface area contributed by atoms with Gasteiger partial charge in [0.2, 0.25) is 0 Å². The van der Waals surface area contributed by atoms with E-state index in [4.69, 9.17) is 0 Å². The smallest absolute Gasteiger partial charge is 0.0613 e. The molecule has 0 atom stereocenters. The first kappa shape index (κ1) is 33.2. The van der Waals surface area contributed by atoms with Crippen LogP contribution in [0.4, 0.5) is 17.1 Å². The van der Waals surface area contributed by atoms with Crippen molar-refractivity contribution in [2.45, 2.75) is 0 Å². The van der Waals surface area contributed by atoms with Gasteiger partial charge in [0.05, 0.1) is 11.2 Å². The van der Waals surface area contributed by atoms with Crippen LogP contribution in [0.1, 0.15) is 0 Å². The van der Waals surface area contributed by atoms with E-state index in [1.54, 1.807) is 0 Å². The number of anilines is 3. The van der Waals surface area contributed by atoms with Crippen LogP contribution in [0.25, 0.3) is 72.1 Å². The van der Waals surface area contributed by atoms with Crippen molar-refractivity contribution in [1.29, 1.82) is 0 Å². The minimum atomic E-state index is 1.09. The number of hydrogen-bond donors (Lipinski definition) is 0. The lowest BCUT2D eigenvalue weighted by Crippen LogP contribution is -2.09. The molecule has 0 aliphatic rings. The van der Waals surface area contributed by atoms with E-state index in [1.165, 1.54) is 66.5 Å². The van der Waals surface area contributed by atoms with Crippen molar-refractivity contribution in [3.05, 3.63) is 231 Å². The van der Waals surface area contributed by atoms with Gasteiger partial charge in [0.1, 0.15) is 0 Å². The second kappa shape index (κ2) is 14.4. The van der Waals surface area contributed by atoms with Crippen LogP contribution in [0.2, 0.25) is 0 Å². The average Bonchev–Trinajstić information content (AvgIpc) is 3.63. The van der Waals surface area contributed by atoms with Gasteiger partial charge in [-0.05, 0) is 104 Å². The molecule has 0 aliphatic heterocycles. The monoisotopic (exact) mass is 714 g/mol. The Morgan fingerprint density at radius 1 is 0.286 bits per heavy atom. The van der Waals surface area contributed by atoms with E-state index in [9.17, 15) is 0 Å². The Morgan fingerprint density at radius 3 is 1.27 bits per heavy atom. The highest BCUT2D eigenvalue weighted by Crippen LogP contribution is 2.46. The van der Waals surface area contributed by atoms with Crippen LogP contribution in [0.15, 0.2) is 231 Å². The molecule has 0 fully saturated rings. The molecule has 0 spiro atoms. The minimum Gasteiger partial charge on any atom is -0.315 e. The van der Waals surface area contributed by atoms with Crippen molar-refractivity contribution in [2.75, 3.05) is 4.90 Å². The van der Waals surface area contributed by atoms with Crippen LogP contribution in [-0.4, -0.2) is 4.40 Å². The van der Waals surface area contributed by atoms with Crippen LogP contribution < -0.4 is 4.90 Å². The number of aromatic nitrogens is 1. The summed E-state index contributed by atoms with van der Waals surface area (Å²) in [6.07, 6.45) is 2.20. The summed E-state index contributed by atoms with van der Waals surface area (Å²) in [5, 5.41) is 2.47. The molecule has 0 radical (unpaired) electrons. The van der Waals surface area contributed by atoms with Crippen molar-refractivity contribution in [3.8, 4) is 55.8 Å². The van der Waals surface area contributed by atoms with Crippen LogP contribution in [0, 0.1) is 0 Å². The summed E-state index contributed by atoms with van der Waals surface area (Å²) in [7, 11) is 0. The summed E-state index contributed by atoms with van der Waals surface area (Å²) in [4.78, 5) is 2.35. The number of hydrogen-bond acceptors (Lipinski definition) is 1. The molecule has 0 unspecified atom stereocenters. The molecule has 56 heavy (non-hydrogen) atoms. The molecule has 0 aliphatic carbocycles. The zero-order valence-electron chi connectivity index (χ0n) is 30.8. The first-order chi connectivity index (χ1) is 27.8. The highest BCUT2D eigenvalue weighted by Gasteiger charge is 2.23. The van der Waals surface area contributed by atoms with E-state index in [-0.39, 0.29) is 0 Å². The lowest BCUT2D eigenvalue weighted by atomic mass is 9.92. The van der Waals surface area contributed by atoms with Gasteiger partial charge in [-0.2, -0.15) is 0 Å². The molecule has 2 nitrogen and oxygen atoms in total. The SMILES string of the molecule is c1ccc(-c2ccc(N(c3ccc(-c4ccccc4)cc3)c3ccc(-c4c(-c5ccc6ccccc6c5)c(-c5ccccc5)c5ccccn45)cc3)cc2)cc1. The Kier molecular flexibility index (Phi) is 8.55. The molecule has 0 N–H and O–H groups in total. The summed E-state index contributed by atoms with van der Waals surface area (Å²) in [6.45, 7) is 0. The molecule has 2 heteroatoms. The van der Waals surface area contributed by atoms with Crippen LogP contribution in [0.3, 0.4) is 0 Å². The maximum absolute atomic E-state index is 2.37. The fourth-order valence-corrected chi connectivity index (χ4v) is 8.10. The van der Waals surface area contributed by atoms with Gasteiger partial charge in [0.25, 0.3) is 0 Å². The van der Waals surface area contributed by atoms with Crippen molar-refractivity contribution >= 4 is 33.4 Å². The summed E-state index contributed by atoms with van der Waals surface area (Å²) < 4.78 is 2.37. The topological polar surface area (TPSA) is 7.65 Å².